The maximum Gasteiger partial charge on any atom is 0.255 e. The fourth-order valence-corrected chi connectivity index (χ4v) is 5.33. The topological polar surface area (TPSA) is 34.5 Å². The molecule has 0 aliphatic carbocycles. The molecule has 184 valence electrons. The van der Waals surface area contributed by atoms with Crippen molar-refractivity contribution >= 4 is 5.91 Å². The lowest BCUT2D eigenvalue weighted by atomic mass is 9.90. The van der Waals surface area contributed by atoms with E-state index in [9.17, 15) is 4.79 Å². The van der Waals surface area contributed by atoms with Gasteiger partial charge in [-0.05, 0) is 68.4 Å². The third-order valence-corrected chi connectivity index (χ3v) is 7.22. The van der Waals surface area contributed by atoms with Crippen LogP contribution in [-0.2, 0) is 6.42 Å². The van der Waals surface area contributed by atoms with E-state index in [1.807, 2.05) is 55.1 Å². The van der Waals surface area contributed by atoms with E-state index in [4.69, 9.17) is 4.74 Å². The van der Waals surface area contributed by atoms with Gasteiger partial charge in [0.1, 0.15) is 5.75 Å². The van der Waals surface area contributed by atoms with E-state index >= 15 is 0 Å². The molecule has 0 atom stereocenters. The van der Waals surface area contributed by atoms with Crippen molar-refractivity contribution in [1.82, 2.24) is 9.47 Å². The zero-order valence-electron chi connectivity index (χ0n) is 21.2. The molecule has 1 fully saturated rings. The average molecular weight is 479 g/mol. The normalized spacial score (nSPS) is 14.1. The summed E-state index contributed by atoms with van der Waals surface area (Å²) in [4.78, 5) is 15.8. The Morgan fingerprint density at radius 2 is 1.53 bits per heavy atom. The maximum absolute atomic E-state index is 13.8. The molecular formula is C32H34N2O2. The summed E-state index contributed by atoms with van der Waals surface area (Å²) in [5.41, 5.74) is 6.13. The number of piperidine rings is 1. The minimum atomic E-state index is 0.121. The molecule has 0 N–H and O–H groups in total. The van der Waals surface area contributed by atoms with Gasteiger partial charge in [0.25, 0.3) is 5.91 Å². The first-order chi connectivity index (χ1) is 17.7. The lowest BCUT2D eigenvalue weighted by molar-refractivity contribution is 0.0690. The number of carbonyl (C=O) groups is 1. The van der Waals surface area contributed by atoms with Crippen LogP contribution in [0.4, 0.5) is 0 Å². The second-order valence-electron chi connectivity index (χ2n) is 9.56. The Bertz CT molecular complexity index is 1300. The SMILES string of the molecule is CCOc1ccccc1-n1c(-c2ccccc2)cc(C(=O)N2CCC(Cc3ccccc3)CC2)c1C. The fourth-order valence-electron chi connectivity index (χ4n) is 5.33. The first-order valence-electron chi connectivity index (χ1n) is 13.0. The molecular weight excluding hydrogens is 444 g/mol. The van der Waals surface area contributed by atoms with Gasteiger partial charge in [-0.1, -0.05) is 72.8 Å². The molecule has 0 spiro atoms. The predicted molar refractivity (Wildman–Crippen MR) is 146 cm³/mol. The van der Waals surface area contributed by atoms with E-state index in [0.717, 1.165) is 66.3 Å². The Balaban J connectivity index is 1.44. The van der Waals surface area contributed by atoms with Crippen molar-refractivity contribution in [3.63, 3.8) is 0 Å². The fraction of sp³-hybridized carbons (Fsp3) is 0.281. The van der Waals surface area contributed by atoms with Gasteiger partial charge in [0.15, 0.2) is 0 Å². The van der Waals surface area contributed by atoms with Crippen LogP contribution in [0.15, 0.2) is 91.0 Å². The van der Waals surface area contributed by atoms with E-state index in [-0.39, 0.29) is 5.91 Å². The van der Waals surface area contributed by atoms with E-state index in [1.54, 1.807) is 0 Å². The summed E-state index contributed by atoms with van der Waals surface area (Å²) < 4.78 is 8.14. The predicted octanol–water partition coefficient (Wildman–Crippen LogP) is 6.95. The molecule has 0 unspecified atom stereocenters. The summed E-state index contributed by atoms with van der Waals surface area (Å²) in [6.45, 7) is 6.23. The Morgan fingerprint density at radius 3 is 2.22 bits per heavy atom. The molecule has 4 heteroatoms. The maximum atomic E-state index is 13.8. The lowest BCUT2D eigenvalue weighted by Crippen LogP contribution is -2.39. The Labute approximate surface area is 214 Å². The van der Waals surface area contributed by atoms with Crippen LogP contribution in [0.3, 0.4) is 0 Å². The molecule has 36 heavy (non-hydrogen) atoms. The molecule has 3 aromatic carbocycles. The Morgan fingerprint density at radius 1 is 0.889 bits per heavy atom. The number of benzene rings is 3. The highest BCUT2D eigenvalue weighted by atomic mass is 16.5. The average Bonchev–Trinajstić information content (AvgIpc) is 3.27. The van der Waals surface area contributed by atoms with Gasteiger partial charge in [0, 0.05) is 18.8 Å². The largest absolute Gasteiger partial charge is 0.492 e. The molecule has 1 aliphatic rings. The van der Waals surface area contributed by atoms with Crippen LogP contribution in [0.1, 0.15) is 41.4 Å². The van der Waals surface area contributed by atoms with Crippen LogP contribution in [0.5, 0.6) is 5.75 Å². The van der Waals surface area contributed by atoms with E-state index in [1.165, 1.54) is 5.56 Å². The molecule has 5 rings (SSSR count). The molecule has 4 nitrogen and oxygen atoms in total. The van der Waals surface area contributed by atoms with Gasteiger partial charge >= 0.3 is 0 Å². The number of aromatic nitrogens is 1. The number of carbonyl (C=O) groups excluding carboxylic acids is 1. The first-order valence-corrected chi connectivity index (χ1v) is 13.0. The third-order valence-electron chi connectivity index (χ3n) is 7.22. The van der Waals surface area contributed by atoms with E-state index < -0.39 is 0 Å². The third kappa shape index (κ3) is 4.94. The van der Waals surface area contributed by atoms with Crippen LogP contribution in [-0.4, -0.2) is 35.1 Å². The van der Waals surface area contributed by atoms with Gasteiger partial charge in [0.2, 0.25) is 0 Å². The summed E-state index contributed by atoms with van der Waals surface area (Å²) >= 11 is 0. The van der Waals surface area contributed by atoms with Gasteiger partial charge < -0.3 is 14.2 Å². The quantitative estimate of drug-likeness (QED) is 0.288. The van der Waals surface area contributed by atoms with Crippen molar-refractivity contribution in [2.45, 2.75) is 33.1 Å². The molecule has 2 heterocycles. The summed E-state index contributed by atoms with van der Waals surface area (Å²) in [5.74, 6) is 1.56. The van der Waals surface area contributed by atoms with E-state index in [2.05, 4.69) is 59.2 Å². The number of para-hydroxylation sites is 2. The van der Waals surface area contributed by atoms with Crippen molar-refractivity contribution in [3.05, 3.63) is 108 Å². The van der Waals surface area contributed by atoms with Gasteiger partial charge in [-0.3, -0.25) is 4.79 Å². The number of nitrogens with zero attached hydrogens (tertiary/aromatic N) is 2. The molecule has 0 saturated carbocycles. The highest BCUT2D eigenvalue weighted by molar-refractivity contribution is 5.97. The number of amides is 1. The minimum absolute atomic E-state index is 0.121. The molecule has 1 aliphatic heterocycles. The number of rotatable bonds is 7. The van der Waals surface area contributed by atoms with Crippen LogP contribution in [0.25, 0.3) is 16.9 Å². The highest BCUT2D eigenvalue weighted by Gasteiger charge is 2.28. The molecule has 1 aromatic heterocycles. The van der Waals surface area contributed by atoms with Crippen molar-refractivity contribution in [2.24, 2.45) is 5.92 Å². The molecule has 1 saturated heterocycles. The zero-order valence-corrected chi connectivity index (χ0v) is 21.2. The minimum Gasteiger partial charge on any atom is -0.492 e. The second kappa shape index (κ2) is 10.9. The monoisotopic (exact) mass is 478 g/mol. The lowest BCUT2D eigenvalue weighted by Gasteiger charge is -2.32. The highest BCUT2D eigenvalue weighted by Crippen LogP contribution is 2.34. The Kier molecular flexibility index (Phi) is 7.22. The summed E-state index contributed by atoms with van der Waals surface area (Å²) in [7, 11) is 0. The standard InChI is InChI=1S/C32H34N2O2/c1-3-36-31-17-11-10-16-29(31)34-24(2)28(23-30(34)27-14-8-5-9-15-27)32(35)33-20-18-26(19-21-33)22-25-12-6-4-7-13-25/h4-17,23,26H,3,18-22H2,1-2H3. The van der Waals surface area contributed by atoms with Gasteiger partial charge in [-0.2, -0.15) is 0 Å². The first kappa shape index (κ1) is 23.9. The van der Waals surface area contributed by atoms with Gasteiger partial charge in [-0.25, -0.2) is 0 Å². The van der Waals surface area contributed by atoms with Crippen LogP contribution < -0.4 is 4.74 Å². The van der Waals surface area contributed by atoms with Crippen molar-refractivity contribution in [2.75, 3.05) is 19.7 Å². The molecule has 4 aromatic rings. The van der Waals surface area contributed by atoms with Crippen LogP contribution in [0.2, 0.25) is 0 Å². The summed E-state index contributed by atoms with van der Waals surface area (Å²) in [5, 5.41) is 0. The number of hydrogen-bond donors (Lipinski definition) is 0. The van der Waals surface area contributed by atoms with Gasteiger partial charge in [-0.15, -0.1) is 0 Å². The summed E-state index contributed by atoms with van der Waals surface area (Å²) in [6.07, 6.45) is 3.17. The number of ether oxygens (including phenoxy) is 1. The van der Waals surface area contributed by atoms with Crippen LogP contribution in [0, 0.1) is 12.8 Å². The van der Waals surface area contributed by atoms with Gasteiger partial charge in [0.05, 0.1) is 23.6 Å². The number of hydrogen-bond acceptors (Lipinski definition) is 2. The summed E-state index contributed by atoms with van der Waals surface area (Å²) in [6, 6.07) is 31.1. The zero-order chi connectivity index (χ0) is 24.9. The van der Waals surface area contributed by atoms with Crippen molar-refractivity contribution in [1.29, 1.82) is 0 Å². The van der Waals surface area contributed by atoms with Crippen molar-refractivity contribution < 1.29 is 9.53 Å². The van der Waals surface area contributed by atoms with Crippen molar-refractivity contribution in [3.8, 4) is 22.7 Å². The Hall–Kier alpha value is -3.79. The smallest absolute Gasteiger partial charge is 0.255 e. The molecule has 0 radical (unpaired) electrons. The molecule has 1 amide bonds. The van der Waals surface area contributed by atoms with E-state index in [0.29, 0.717) is 12.5 Å². The number of likely N-dealkylation sites (tertiary alicyclic amines) is 1. The molecule has 0 bridgehead atoms. The second-order valence-corrected chi connectivity index (χ2v) is 9.56. The van der Waals surface area contributed by atoms with Crippen LogP contribution >= 0.6 is 0 Å².